The van der Waals surface area contributed by atoms with Gasteiger partial charge in [-0.2, -0.15) is 0 Å². The minimum atomic E-state index is -0.939. The third-order valence-electron chi connectivity index (χ3n) is 5.60. The Bertz CT molecular complexity index is 931. The Morgan fingerprint density at radius 3 is 2.62 bits per heavy atom. The number of anilines is 1. The summed E-state index contributed by atoms with van der Waals surface area (Å²) in [5.41, 5.74) is 9.04. The number of nitrogens with zero attached hydrogens (tertiary/aromatic N) is 4. The molecule has 1 fully saturated rings. The highest BCUT2D eigenvalue weighted by Crippen LogP contribution is 2.37. The number of hydrogen-bond acceptors (Lipinski definition) is 6. The number of carbonyl (C=O) groups is 1. The molecule has 0 radical (unpaired) electrons. The molecule has 9 heteroatoms. The van der Waals surface area contributed by atoms with Gasteiger partial charge in [0.2, 0.25) is 5.91 Å². The number of rotatable bonds is 4. The largest absolute Gasteiger partial charge is 0.353 e. The van der Waals surface area contributed by atoms with Crippen molar-refractivity contribution in [2.45, 2.75) is 30.4 Å². The Morgan fingerprint density at radius 2 is 1.93 bits per heavy atom. The zero-order valence-electron chi connectivity index (χ0n) is 16.3. The molecule has 2 N–H and O–H groups in total. The highest BCUT2D eigenvalue weighted by molar-refractivity contribution is 7.84. The zero-order chi connectivity index (χ0) is 20.5. The SMILES string of the molecule is CC1c2c(ncnc2N2CCN(C(=O)[C@H](N)Cc3ccc(Cl)cc3)CC2)CS1=O. The Balaban J connectivity index is 1.39. The average Bonchev–Trinajstić information content (AvgIpc) is 3.03. The molecule has 0 aliphatic carbocycles. The first-order valence-corrected chi connectivity index (χ1v) is 11.4. The highest BCUT2D eigenvalue weighted by atomic mass is 35.5. The molecule has 2 aromatic rings. The lowest BCUT2D eigenvalue weighted by Gasteiger charge is -2.37. The third-order valence-corrected chi connectivity index (χ3v) is 7.44. The molecule has 154 valence electrons. The zero-order valence-corrected chi connectivity index (χ0v) is 17.8. The number of nitrogens with two attached hydrogens (primary N) is 1. The van der Waals surface area contributed by atoms with Gasteiger partial charge in [-0.05, 0) is 31.0 Å². The first kappa shape index (κ1) is 20.3. The van der Waals surface area contributed by atoms with Crippen molar-refractivity contribution in [3.63, 3.8) is 0 Å². The van der Waals surface area contributed by atoms with Crippen LogP contribution in [0.15, 0.2) is 30.6 Å². The van der Waals surface area contributed by atoms with Crippen molar-refractivity contribution in [3.8, 4) is 0 Å². The fourth-order valence-corrected chi connectivity index (χ4v) is 5.31. The minimum Gasteiger partial charge on any atom is -0.353 e. The monoisotopic (exact) mass is 433 g/mol. The van der Waals surface area contributed by atoms with Gasteiger partial charge in [-0.3, -0.25) is 9.00 Å². The Hall–Kier alpha value is -2.03. The molecular formula is C20H24ClN5O2S. The summed E-state index contributed by atoms with van der Waals surface area (Å²) in [5.74, 6) is 1.30. The molecule has 1 saturated heterocycles. The van der Waals surface area contributed by atoms with Crippen LogP contribution in [-0.2, 0) is 27.8 Å². The van der Waals surface area contributed by atoms with Crippen molar-refractivity contribution >= 4 is 34.1 Å². The molecule has 3 atom stereocenters. The van der Waals surface area contributed by atoms with Crippen LogP contribution in [0.1, 0.15) is 29.0 Å². The summed E-state index contributed by atoms with van der Waals surface area (Å²) in [5, 5.41) is 0.604. The van der Waals surface area contributed by atoms with E-state index in [2.05, 4.69) is 14.9 Å². The average molecular weight is 434 g/mol. The van der Waals surface area contributed by atoms with Crippen molar-refractivity contribution < 1.29 is 9.00 Å². The van der Waals surface area contributed by atoms with Crippen LogP contribution in [0, 0.1) is 0 Å². The van der Waals surface area contributed by atoms with E-state index in [1.165, 1.54) is 0 Å². The number of piperazine rings is 1. The van der Waals surface area contributed by atoms with Crippen LogP contribution in [0.4, 0.5) is 5.82 Å². The summed E-state index contributed by atoms with van der Waals surface area (Å²) in [7, 11) is -0.939. The van der Waals surface area contributed by atoms with E-state index < -0.39 is 16.8 Å². The van der Waals surface area contributed by atoms with Gasteiger partial charge in [0, 0.05) is 47.6 Å². The first-order valence-electron chi connectivity index (χ1n) is 9.68. The standard InChI is InChI=1S/C20H24ClN5O2S/c1-13-18-17(11-29(13)28)23-12-24-19(18)25-6-8-26(9-7-25)20(27)16(22)10-14-2-4-15(21)5-3-14/h2-5,12-13,16H,6-11,22H2,1H3/t13?,16-,29?/m1/s1. The lowest BCUT2D eigenvalue weighted by Crippen LogP contribution is -2.54. The number of carbonyl (C=O) groups excluding carboxylic acids is 1. The smallest absolute Gasteiger partial charge is 0.239 e. The van der Waals surface area contributed by atoms with Gasteiger partial charge in [-0.1, -0.05) is 23.7 Å². The number of fused-ring (bicyclic) bond motifs is 1. The summed E-state index contributed by atoms with van der Waals surface area (Å²) >= 11 is 5.91. The van der Waals surface area contributed by atoms with E-state index in [4.69, 9.17) is 17.3 Å². The predicted octanol–water partition coefficient (Wildman–Crippen LogP) is 1.67. The molecule has 2 aliphatic rings. The summed E-state index contributed by atoms with van der Waals surface area (Å²) in [6.45, 7) is 4.47. The van der Waals surface area contributed by atoms with E-state index in [1.807, 2.05) is 24.0 Å². The lowest BCUT2D eigenvalue weighted by atomic mass is 10.1. The van der Waals surface area contributed by atoms with Crippen molar-refractivity contribution in [3.05, 3.63) is 52.4 Å². The Morgan fingerprint density at radius 1 is 1.24 bits per heavy atom. The molecule has 29 heavy (non-hydrogen) atoms. The maximum Gasteiger partial charge on any atom is 0.239 e. The van der Waals surface area contributed by atoms with Crippen molar-refractivity contribution in [1.29, 1.82) is 0 Å². The van der Waals surface area contributed by atoms with E-state index in [0.29, 0.717) is 43.4 Å². The Kier molecular flexibility index (Phi) is 5.85. The Labute approximate surface area is 177 Å². The van der Waals surface area contributed by atoms with Gasteiger partial charge in [-0.25, -0.2) is 9.97 Å². The topological polar surface area (TPSA) is 92.4 Å². The molecule has 0 bridgehead atoms. The van der Waals surface area contributed by atoms with E-state index in [1.54, 1.807) is 18.5 Å². The normalized spacial score (nSPS) is 22.4. The van der Waals surface area contributed by atoms with Gasteiger partial charge >= 0.3 is 0 Å². The van der Waals surface area contributed by atoms with E-state index in [9.17, 15) is 9.00 Å². The van der Waals surface area contributed by atoms with E-state index >= 15 is 0 Å². The van der Waals surface area contributed by atoms with Gasteiger partial charge in [0.05, 0.1) is 22.7 Å². The van der Waals surface area contributed by atoms with Crippen molar-refractivity contribution in [2.75, 3.05) is 31.1 Å². The number of benzene rings is 1. The molecule has 0 spiro atoms. The maximum absolute atomic E-state index is 12.8. The van der Waals surface area contributed by atoms with E-state index in [0.717, 1.165) is 22.6 Å². The molecule has 1 amide bonds. The molecule has 2 aliphatic heterocycles. The highest BCUT2D eigenvalue weighted by Gasteiger charge is 2.33. The fourth-order valence-electron chi connectivity index (χ4n) is 3.93. The van der Waals surface area contributed by atoms with Gasteiger partial charge in [-0.15, -0.1) is 0 Å². The molecule has 4 rings (SSSR count). The maximum atomic E-state index is 12.8. The number of hydrogen-bond donors (Lipinski definition) is 1. The van der Waals surface area contributed by atoms with Crippen LogP contribution < -0.4 is 10.6 Å². The molecule has 0 saturated carbocycles. The second kappa shape index (κ2) is 8.38. The van der Waals surface area contributed by atoms with Crippen LogP contribution in [-0.4, -0.2) is 57.2 Å². The van der Waals surface area contributed by atoms with Crippen LogP contribution >= 0.6 is 11.6 Å². The summed E-state index contributed by atoms with van der Waals surface area (Å²) in [4.78, 5) is 25.5. The van der Waals surface area contributed by atoms with Gasteiger partial charge in [0.1, 0.15) is 12.1 Å². The van der Waals surface area contributed by atoms with Crippen LogP contribution in [0.2, 0.25) is 5.02 Å². The van der Waals surface area contributed by atoms with Crippen LogP contribution in [0.3, 0.4) is 0 Å². The second-order valence-electron chi connectivity index (χ2n) is 7.47. The minimum absolute atomic E-state index is 0.0398. The van der Waals surface area contributed by atoms with E-state index in [-0.39, 0.29) is 11.2 Å². The first-order chi connectivity index (χ1) is 13.9. The quantitative estimate of drug-likeness (QED) is 0.788. The van der Waals surface area contributed by atoms with Crippen molar-refractivity contribution in [2.24, 2.45) is 5.73 Å². The number of aromatic nitrogens is 2. The third kappa shape index (κ3) is 4.15. The molecule has 1 aromatic carbocycles. The summed E-state index contributed by atoms with van der Waals surface area (Å²) in [6, 6.07) is 6.83. The number of amides is 1. The molecule has 2 unspecified atom stereocenters. The van der Waals surface area contributed by atoms with Gasteiger partial charge in [0.15, 0.2) is 0 Å². The molecule has 1 aromatic heterocycles. The van der Waals surface area contributed by atoms with Gasteiger partial charge in [0.25, 0.3) is 0 Å². The van der Waals surface area contributed by atoms with Crippen molar-refractivity contribution in [1.82, 2.24) is 14.9 Å². The lowest BCUT2D eigenvalue weighted by molar-refractivity contribution is -0.132. The van der Waals surface area contributed by atoms with Gasteiger partial charge < -0.3 is 15.5 Å². The molecule has 7 nitrogen and oxygen atoms in total. The van der Waals surface area contributed by atoms with Crippen LogP contribution in [0.5, 0.6) is 0 Å². The molecular weight excluding hydrogens is 410 g/mol. The predicted molar refractivity (Wildman–Crippen MR) is 114 cm³/mol. The van der Waals surface area contributed by atoms with Crippen LogP contribution in [0.25, 0.3) is 0 Å². The number of halogens is 1. The fraction of sp³-hybridized carbons (Fsp3) is 0.450. The summed E-state index contributed by atoms with van der Waals surface area (Å²) < 4.78 is 12.2. The summed E-state index contributed by atoms with van der Waals surface area (Å²) in [6.07, 6.45) is 2.03. The molecule has 3 heterocycles. The second-order valence-corrected chi connectivity index (χ2v) is 9.67.